The molecule has 4 N–H and O–H groups in total. The van der Waals surface area contributed by atoms with Crippen LogP contribution in [-0.4, -0.2) is 417 Å². The van der Waals surface area contributed by atoms with Crippen LogP contribution in [0, 0.1) is 0 Å². The van der Waals surface area contributed by atoms with Gasteiger partial charge in [0, 0.05) is 88.0 Å². The Hall–Kier alpha value is -9.58. The van der Waals surface area contributed by atoms with Crippen LogP contribution in [0.4, 0.5) is 0 Å². The number of Topliss-reactive ketones (excluding diaryl/α,β-unsaturated/α-hetero) is 1. The predicted molar refractivity (Wildman–Crippen MR) is 489 cm³/mol. The summed E-state index contributed by atoms with van der Waals surface area (Å²) < 4.78 is 168. The number of hydrogen-bond donors (Lipinski definition) is 4. The molecule has 6 aliphatic heterocycles. The maximum absolute atomic E-state index is 14.3. The van der Waals surface area contributed by atoms with Gasteiger partial charge in [0.25, 0.3) is 0 Å². The van der Waals surface area contributed by atoms with Crippen LogP contribution >= 0.6 is 0 Å². The first-order valence-corrected chi connectivity index (χ1v) is 48.9. The van der Waals surface area contributed by atoms with Gasteiger partial charge in [-0.1, -0.05) is 34.9 Å². The molecule has 3 aromatic rings. The van der Waals surface area contributed by atoms with Gasteiger partial charge in [-0.05, 0) is 32.6 Å². The number of hydrogen-bond acceptors (Lipinski definition) is 46. The SMILES string of the molecule is CCOC(=O)CCCCCC(=O)CCCCCCC(=O)NC(COCc1cn(CCOCCOCCOCCOC[C@@]23CO[C@@H](O2)[C@H](NC(C)=O)[C@@H](OC(C)=O)[C@H]3OC(C)=O)nn1)(COCc1cn(CCOCCOCCOCCOC[C@@]23CO[C@@H](O2)[C@H](NC(C)=O)[C@@H](OC(C)=O)[C@H]3OC(C)=O)nn1)COCc1cn(CCOCCOCCOCCOC[C@@]23CO[C@@H](O2)[C@H](NC(C)=O)[C@@H](OC(C)=O)[C@H]3OC(C)=O)nn1. The summed E-state index contributed by atoms with van der Waals surface area (Å²) in [5.41, 5.74) is -3.95. The van der Waals surface area contributed by atoms with Crippen molar-refractivity contribution in [2.24, 2.45) is 0 Å². The number of carbonyl (C=O) groups is 12. The summed E-state index contributed by atoms with van der Waals surface area (Å²) >= 11 is 0. The molecule has 0 unspecified atom stereocenters. The number of nitrogens with zero attached hydrogens (tertiary/aromatic N) is 9. The second-order valence-corrected chi connectivity index (χ2v) is 35.3. The predicted octanol–water partition coefficient (Wildman–Crippen LogP) is -0.631. The summed E-state index contributed by atoms with van der Waals surface area (Å²) in [6, 6.07) is -2.85. The van der Waals surface area contributed by atoms with E-state index in [0.717, 1.165) is 12.8 Å². The minimum absolute atomic E-state index is 0.0467. The second kappa shape index (κ2) is 64.0. The highest BCUT2D eigenvalue weighted by Crippen LogP contribution is 2.44. The van der Waals surface area contributed by atoms with Crippen LogP contribution < -0.4 is 21.3 Å². The van der Waals surface area contributed by atoms with Crippen molar-refractivity contribution in [3.8, 4) is 0 Å². The highest BCUT2D eigenvalue weighted by molar-refractivity contribution is 5.79. The summed E-state index contributed by atoms with van der Waals surface area (Å²) in [5.74, 6) is -5.67. The molecule has 15 atom stereocenters. The van der Waals surface area contributed by atoms with Crippen molar-refractivity contribution in [3.63, 3.8) is 0 Å². The molecule has 0 aromatic carbocycles. The first-order chi connectivity index (χ1) is 69.9. The Kier molecular flexibility index (Phi) is 52.5. The molecule has 0 spiro atoms. The van der Waals surface area contributed by atoms with Crippen molar-refractivity contribution in [1.29, 1.82) is 0 Å². The summed E-state index contributed by atoms with van der Waals surface area (Å²) in [5, 5.41) is 37.1. The van der Waals surface area contributed by atoms with E-state index in [9.17, 15) is 57.5 Å². The number of aromatic nitrogens is 9. The van der Waals surface area contributed by atoms with E-state index in [0.29, 0.717) is 94.7 Å². The highest BCUT2D eigenvalue weighted by Gasteiger charge is 2.67. The molecule has 6 fully saturated rings. The number of carbonyl (C=O) groups excluding carboxylic acids is 12. The molecule has 0 aliphatic carbocycles. The molecular formula is C92H145N13O40. The molecule has 9 heterocycles. The average molecular weight is 2070 g/mol. The van der Waals surface area contributed by atoms with Gasteiger partial charge in [0.05, 0.1) is 263 Å². The molecular weight excluding hydrogens is 1930 g/mol. The van der Waals surface area contributed by atoms with Crippen LogP contribution in [0.3, 0.4) is 0 Å². The number of amides is 4. The fraction of sp³-hybridized carbons (Fsp3) is 0.804. The van der Waals surface area contributed by atoms with E-state index in [4.69, 9.17) is 133 Å². The molecule has 6 aliphatic rings. The molecule has 0 radical (unpaired) electrons. The topological polar surface area (TPSA) is 604 Å². The summed E-state index contributed by atoms with van der Waals surface area (Å²) in [6.07, 6.45) is 1.26. The average Bonchev–Trinajstić information content (AvgIpc) is 1.59. The van der Waals surface area contributed by atoms with E-state index in [1.807, 2.05) is 0 Å². The standard InChI is InChI=1S/C92H145N13O40/c1-11-133-76(117)22-18-14-16-20-74(115)19-15-12-13-17-21-75(116)96-89(53-130-50-71-47-103(100-97-71)23-26-118-29-32-121-35-38-124-41-44-127-56-90-59-134-86(143-90)77(93-62(2)106)80(137-65(5)109)83(90)140-68(8)112,54-131-51-72-48-104(101-98-72)24-27-119-30-33-122-36-39-125-42-45-128-57-91-60-135-87(144-91)78(94-63(3)107)81(138-66(6)110)84(91)141-69(9)113)55-132-52-73-49-105(102-99-73)25-28-120-31-34-123-37-40-126-43-46-129-58-92-61-136-88(145-92)79(95-64(4)108)82(139-67(7)111)85(92)142-70(10)114/h47-49,77-88H,11-46,50-61H2,1-10H3,(H,93,106)(H,94,107)(H,95,108)(H,96,116)/t77-,78-,79-,80-,81-,82-,83-,84-,85-,86+,87+,88+,90+,91+,92+/m1/s1. The van der Waals surface area contributed by atoms with Gasteiger partial charge in [-0.3, -0.25) is 57.5 Å². The first kappa shape index (κ1) is 119. The third-order valence-corrected chi connectivity index (χ3v) is 22.9. The van der Waals surface area contributed by atoms with Crippen LogP contribution in [-0.2, 0) is 230 Å². The molecule has 4 amide bonds. The molecule has 0 saturated carbocycles. The third kappa shape index (κ3) is 41.8. The van der Waals surface area contributed by atoms with Crippen molar-refractivity contribution in [1.82, 2.24) is 66.2 Å². The monoisotopic (exact) mass is 2070 g/mol. The molecule has 818 valence electrons. The number of esters is 7. The molecule has 145 heavy (non-hydrogen) atoms. The lowest BCUT2D eigenvalue weighted by Gasteiger charge is -2.45. The van der Waals surface area contributed by atoms with Gasteiger partial charge >= 0.3 is 41.8 Å². The van der Waals surface area contributed by atoms with Gasteiger partial charge in [0.2, 0.25) is 23.6 Å². The number of ketones is 1. The third-order valence-electron chi connectivity index (χ3n) is 22.9. The number of unbranched alkanes of at least 4 members (excludes halogenated alkanes) is 5. The van der Waals surface area contributed by atoms with Crippen LogP contribution in [0.25, 0.3) is 0 Å². The number of nitrogens with one attached hydrogen (secondary N) is 4. The van der Waals surface area contributed by atoms with Crippen LogP contribution in [0.5, 0.6) is 0 Å². The Labute approximate surface area is 840 Å². The maximum atomic E-state index is 14.3. The van der Waals surface area contributed by atoms with Crippen molar-refractivity contribution in [3.05, 3.63) is 35.7 Å². The highest BCUT2D eigenvalue weighted by atomic mass is 16.8. The Balaban J connectivity index is 0.728. The Bertz CT molecular complexity index is 4060. The van der Waals surface area contributed by atoms with Gasteiger partial charge < -0.3 is 154 Å². The first-order valence-electron chi connectivity index (χ1n) is 48.9. The normalized spacial score (nSPS) is 23.4. The van der Waals surface area contributed by atoms with Crippen molar-refractivity contribution in [2.75, 3.05) is 205 Å². The zero-order valence-corrected chi connectivity index (χ0v) is 84.5. The second-order valence-electron chi connectivity index (χ2n) is 35.3. The Morgan fingerprint density at radius 3 is 0.897 bits per heavy atom. The van der Waals surface area contributed by atoms with E-state index in [-0.39, 0.29) is 242 Å². The van der Waals surface area contributed by atoms with E-state index >= 15 is 0 Å². The van der Waals surface area contributed by atoms with Crippen molar-refractivity contribution < 1.29 is 190 Å². The van der Waals surface area contributed by atoms with Crippen molar-refractivity contribution in [2.45, 2.75) is 275 Å². The van der Waals surface area contributed by atoms with Gasteiger partial charge in [-0.25, -0.2) is 14.0 Å². The number of rotatable bonds is 78. The van der Waals surface area contributed by atoms with Gasteiger partial charge in [0.15, 0.2) is 72.3 Å². The van der Waals surface area contributed by atoms with Crippen LogP contribution in [0.1, 0.15) is 157 Å². The van der Waals surface area contributed by atoms with E-state index < -0.39 is 149 Å². The Morgan fingerprint density at radius 2 is 0.614 bits per heavy atom. The van der Waals surface area contributed by atoms with Crippen LogP contribution in [0.2, 0.25) is 0 Å². The maximum Gasteiger partial charge on any atom is 0.305 e. The molecule has 6 saturated heterocycles. The smallest absolute Gasteiger partial charge is 0.305 e. The van der Waals surface area contributed by atoms with Gasteiger partial charge in [0.1, 0.15) is 46.5 Å². The lowest BCUT2D eigenvalue weighted by molar-refractivity contribution is -0.251. The summed E-state index contributed by atoms with van der Waals surface area (Å²) in [7, 11) is 0. The quantitative estimate of drug-likeness (QED) is 0.0310. The number of fused-ring (bicyclic) bond motifs is 6. The molecule has 9 rings (SSSR count). The lowest BCUT2D eigenvalue weighted by atomic mass is 9.87. The molecule has 53 nitrogen and oxygen atoms in total. The minimum atomic E-state index is -1.35. The fourth-order valence-corrected chi connectivity index (χ4v) is 16.6. The lowest BCUT2D eigenvalue weighted by Crippen LogP contribution is -2.68. The molecule has 3 aromatic heterocycles. The largest absolute Gasteiger partial charge is 0.466 e. The molecule has 6 bridgehead atoms. The van der Waals surface area contributed by atoms with Crippen molar-refractivity contribution >= 4 is 71.2 Å². The zero-order chi connectivity index (χ0) is 104. The Morgan fingerprint density at radius 1 is 0.345 bits per heavy atom. The minimum Gasteiger partial charge on any atom is -0.466 e. The summed E-state index contributed by atoms with van der Waals surface area (Å²) in [6.45, 7) is 17.7. The zero-order valence-electron chi connectivity index (χ0n) is 84.5. The van der Waals surface area contributed by atoms with E-state index in [1.165, 1.54) is 62.3 Å². The summed E-state index contributed by atoms with van der Waals surface area (Å²) in [4.78, 5) is 148. The van der Waals surface area contributed by atoms with Crippen LogP contribution in [0.15, 0.2) is 18.6 Å². The van der Waals surface area contributed by atoms with E-state index in [2.05, 4.69) is 52.2 Å². The van der Waals surface area contributed by atoms with Gasteiger partial charge in [-0.15, -0.1) is 15.3 Å². The van der Waals surface area contributed by atoms with E-state index in [1.54, 1.807) is 39.6 Å². The fourth-order valence-electron chi connectivity index (χ4n) is 16.6. The van der Waals surface area contributed by atoms with Gasteiger partial charge in [-0.2, -0.15) is 0 Å². The number of ether oxygens (including phenoxy) is 28. The molecule has 53 heteroatoms.